The van der Waals surface area contributed by atoms with E-state index in [2.05, 4.69) is 5.16 Å². The van der Waals surface area contributed by atoms with E-state index in [4.69, 9.17) is 25.6 Å². The fourth-order valence-corrected chi connectivity index (χ4v) is 1.83. The number of aryl methyl sites for hydroxylation is 1. The summed E-state index contributed by atoms with van der Waals surface area (Å²) in [4.78, 5) is 0. The van der Waals surface area contributed by atoms with Gasteiger partial charge >= 0.3 is 0 Å². The van der Waals surface area contributed by atoms with Gasteiger partial charge in [0.25, 0.3) is 0 Å². The SMILES string of the molecule is ClCCc1noc2cc3c(cc12)OCO3. The molecule has 1 aromatic heterocycles. The van der Waals surface area contributed by atoms with Gasteiger partial charge < -0.3 is 14.0 Å². The van der Waals surface area contributed by atoms with E-state index >= 15 is 0 Å². The fraction of sp³-hybridized carbons (Fsp3) is 0.300. The second-order valence-corrected chi connectivity index (χ2v) is 3.65. The van der Waals surface area contributed by atoms with E-state index in [0.717, 1.165) is 16.8 Å². The maximum atomic E-state index is 5.67. The van der Waals surface area contributed by atoms with Gasteiger partial charge in [-0.2, -0.15) is 0 Å². The topological polar surface area (TPSA) is 44.5 Å². The van der Waals surface area contributed by atoms with Crippen LogP contribution in [-0.2, 0) is 6.42 Å². The summed E-state index contributed by atoms with van der Waals surface area (Å²) in [7, 11) is 0. The molecule has 0 fully saturated rings. The summed E-state index contributed by atoms with van der Waals surface area (Å²) in [5, 5.41) is 4.90. The average molecular weight is 226 g/mol. The van der Waals surface area contributed by atoms with Crippen molar-refractivity contribution in [2.75, 3.05) is 12.7 Å². The Morgan fingerprint density at radius 1 is 1.27 bits per heavy atom. The zero-order valence-electron chi connectivity index (χ0n) is 7.83. The third kappa shape index (κ3) is 1.33. The Kier molecular flexibility index (Phi) is 1.95. The third-order valence-corrected chi connectivity index (χ3v) is 2.56. The molecule has 0 aliphatic carbocycles. The van der Waals surface area contributed by atoms with E-state index in [9.17, 15) is 0 Å². The zero-order chi connectivity index (χ0) is 10.3. The van der Waals surface area contributed by atoms with Crippen LogP contribution in [0.3, 0.4) is 0 Å². The normalized spacial score (nSPS) is 13.7. The minimum atomic E-state index is 0.264. The van der Waals surface area contributed by atoms with Crippen LogP contribution in [0.15, 0.2) is 16.7 Å². The van der Waals surface area contributed by atoms with E-state index in [0.29, 0.717) is 23.6 Å². The van der Waals surface area contributed by atoms with Crippen molar-refractivity contribution in [1.29, 1.82) is 0 Å². The Bertz CT molecular complexity index is 509. The third-order valence-electron chi connectivity index (χ3n) is 2.37. The first-order valence-corrected chi connectivity index (χ1v) is 5.16. The van der Waals surface area contributed by atoms with Crippen molar-refractivity contribution in [2.24, 2.45) is 0 Å². The van der Waals surface area contributed by atoms with Crippen molar-refractivity contribution >= 4 is 22.6 Å². The van der Waals surface area contributed by atoms with Crippen LogP contribution in [0.4, 0.5) is 0 Å². The van der Waals surface area contributed by atoms with Crippen LogP contribution in [0.2, 0.25) is 0 Å². The number of rotatable bonds is 2. The molecule has 3 rings (SSSR count). The molecule has 0 saturated heterocycles. The lowest BCUT2D eigenvalue weighted by Gasteiger charge is -1.95. The highest BCUT2D eigenvalue weighted by atomic mass is 35.5. The average Bonchev–Trinajstić information content (AvgIpc) is 2.82. The number of alkyl halides is 1. The van der Waals surface area contributed by atoms with Crippen LogP contribution in [0, 0.1) is 0 Å². The molecule has 15 heavy (non-hydrogen) atoms. The maximum absolute atomic E-state index is 5.67. The van der Waals surface area contributed by atoms with Gasteiger partial charge in [-0.05, 0) is 6.07 Å². The number of hydrogen-bond donors (Lipinski definition) is 0. The Balaban J connectivity index is 2.18. The molecule has 0 atom stereocenters. The number of halogens is 1. The van der Waals surface area contributed by atoms with Gasteiger partial charge in [0.15, 0.2) is 17.1 Å². The molecule has 4 nitrogen and oxygen atoms in total. The maximum Gasteiger partial charge on any atom is 0.231 e. The van der Waals surface area contributed by atoms with Crippen LogP contribution in [-0.4, -0.2) is 17.8 Å². The molecule has 2 aromatic rings. The summed E-state index contributed by atoms with van der Waals surface area (Å²) >= 11 is 5.67. The van der Waals surface area contributed by atoms with E-state index in [-0.39, 0.29) is 6.79 Å². The Morgan fingerprint density at radius 2 is 2.07 bits per heavy atom. The molecule has 1 aromatic carbocycles. The minimum Gasteiger partial charge on any atom is -0.454 e. The molecule has 0 N–H and O–H groups in total. The monoisotopic (exact) mass is 225 g/mol. The number of hydrogen-bond acceptors (Lipinski definition) is 4. The summed E-state index contributed by atoms with van der Waals surface area (Å²) in [6.07, 6.45) is 0.689. The van der Waals surface area contributed by atoms with Crippen LogP contribution < -0.4 is 9.47 Å². The highest BCUT2D eigenvalue weighted by Crippen LogP contribution is 2.37. The van der Waals surface area contributed by atoms with Crippen molar-refractivity contribution in [3.05, 3.63) is 17.8 Å². The van der Waals surface area contributed by atoms with Crippen molar-refractivity contribution < 1.29 is 14.0 Å². The number of fused-ring (bicyclic) bond motifs is 2. The van der Waals surface area contributed by atoms with E-state index in [1.807, 2.05) is 6.07 Å². The first kappa shape index (κ1) is 8.85. The van der Waals surface area contributed by atoms with Gasteiger partial charge in [0.1, 0.15) is 0 Å². The summed E-state index contributed by atoms with van der Waals surface area (Å²) in [6, 6.07) is 3.68. The van der Waals surface area contributed by atoms with Gasteiger partial charge in [-0.3, -0.25) is 0 Å². The second-order valence-electron chi connectivity index (χ2n) is 3.27. The van der Waals surface area contributed by atoms with Gasteiger partial charge in [-0.15, -0.1) is 11.6 Å². The molecular formula is C10H8ClNO3. The summed E-state index contributed by atoms with van der Waals surface area (Å²) in [5.74, 6) is 1.97. The molecule has 0 unspecified atom stereocenters. The lowest BCUT2D eigenvalue weighted by Crippen LogP contribution is -1.92. The first-order valence-electron chi connectivity index (χ1n) is 4.62. The van der Waals surface area contributed by atoms with Crippen molar-refractivity contribution in [3.63, 3.8) is 0 Å². The van der Waals surface area contributed by atoms with Crippen LogP contribution in [0.25, 0.3) is 11.0 Å². The molecule has 0 bridgehead atoms. The van der Waals surface area contributed by atoms with Gasteiger partial charge in [0.2, 0.25) is 6.79 Å². The lowest BCUT2D eigenvalue weighted by atomic mass is 10.1. The Morgan fingerprint density at radius 3 is 2.87 bits per heavy atom. The molecular weight excluding hydrogens is 218 g/mol. The smallest absolute Gasteiger partial charge is 0.231 e. The summed E-state index contributed by atoms with van der Waals surface area (Å²) in [6.45, 7) is 0.264. The Hall–Kier alpha value is -1.42. The van der Waals surface area contributed by atoms with Crippen molar-refractivity contribution in [1.82, 2.24) is 5.16 Å². The number of nitrogens with zero attached hydrogens (tertiary/aromatic N) is 1. The van der Waals surface area contributed by atoms with E-state index in [1.165, 1.54) is 0 Å². The minimum absolute atomic E-state index is 0.264. The van der Waals surface area contributed by atoms with Crippen LogP contribution in [0.5, 0.6) is 11.5 Å². The standard InChI is InChI=1S/C10H8ClNO3/c11-2-1-7-6-3-9-10(14-5-13-9)4-8(6)15-12-7/h3-4H,1-2,5H2. The molecule has 1 aliphatic heterocycles. The van der Waals surface area contributed by atoms with Crippen molar-refractivity contribution in [3.8, 4) is 11.5 Å². The molecule has 5 heteroatoms. The highest BCUT2D eigenvalue weighted by Gasteiger charge is 2.18. The quantitative estimate of drug-likeness (QED) is 0.736. The van der Waals surface area contributed by atoms with Crippen LogP contribution in [0.1, 0.15) is 5.69 Å². The van der Waals surface area contributed by atoms with Gasteiger partial charge in [-0.25, -0.2) is 0 Å². The van der Waals surface area contributed by atoms with Crippen molar-refractivity contribution in [2.45, 2.75) is 6.42 Å². The largest absolute Gasteiger partial charge is 0.454 e. The fourth-order valence-electron chi connectivity index (χ4n) is 1.65. The molecule has 2 heterocycles. The first-order chi connectivity index (χ1) is 7.38. The molecule has 0 radical (unpaired) electrons. The van der Waals surface area contributed by atoms with Gasteiger partial charge in [0.05, 0.1) is 5.69 Å². The lowest BCUT2D eigenvalue weighted by molar-refractivity contribution is 0.174. The predicted octanol–water partition coefficient (Wildman–Crippen LogP) is 2.34. The van der Waals surface area contributed by atoms with E-state index in [1.54, 1.807) is 6.07 Å². The molecule has 0 spiro atoms. The zero-order valence-corrected chi connectivity index (χ0v) is 8.58. The molecule has 0 amide bonds. The molecule has 1 aliphatic rings. The second kappa shape index (κ2) is 3.31. The number of aromatic nitrogens is 1. The highest BCUT2D eigenvalue weighted by molar-refractivity contribution is 6.18. The number of ether oxygens (including phenoxy) is 2. The summed E-state index contributed by atoms with van der Waals surface area (Å²) < 4.78 is 15.7. The molecule has 0 saturated carbocycles. The van der Waals surface area contributed by atoms with Crippen LogP contribution >= 0.6 is 11.6 Å². The predicted molar refractivity (Wildman–Crippen MR) is 54.6 cm³/mol. The van der Waals surface area contributed by atoms with E-state index < -0.39 is 0 Å². The Labute approximate surface area is 90.7 Å². The molecule has 78 valence electrons. The summed E-state index contributed by atoms with van der Waals surface area (Å²) in [5.41, 5.74) is 1.57. The number of benzene rings is 1. The van der Waals surface area contributed by atoms with Gasteiger partial charge in [0, 0.05) is 23.8 Å². The van der Waals surface area contributed by atoms with Gasteiger partial charge in [-0.1, -0.05) is 5.16 Å².